The first-order chi connectivity index (χ1) is 14.0. The number of benzene rings is 2. The number of nitrogens with zero attached hydrogens (tertiary/aromatic N) is 1. The van der Waals surface area contributed by atoms with Gasteiger partial charge in [-0.3, -0.25) is 4.79 Å². The first-order valence-corrected chi connectivity index (χ1v) is 9.75. The van der Waals surface area contributed by atoms with E-state index in [0.717, 1.165) is 0 Å². The summed E-state index contributed by atoms with van der Waals surface area (Å²) in [7, 11) is 0. The van der Waals surface area contributed by atoms with Crippen molar-refractivity contribution in [3.63, 3.8) is 0 Å². The van der Waals surface area contributed by atoms with Crippen molar-refractivity contribution < 1.29 is 24.5 Å². The summed E-state index contributed by atoms with van der Waals surface area (Å²) in [6.07, 6.45) is 0.160. The molecule has 2 amide bonds. The van der Waals surface area contributed by atoms with Gasteiger partial charge in [0.1, 0.15) is 11.2 Å². The summed E-state index contributed by atoms with van der Waals surface area (Å²) in [5.74, 6) is 0.0578. The van der Waals surface area contributed by atoms with Crippen LogP contribution in [0.2, 0.25) is 0 Å². The van der Waals surface area contributed by atoms with Crippen LogP contribution >= 0.6 is 0 Å². The molecule has 2 aromatic rings. The van der Waals surface area contributed by atoms with Crippen molar-refractivity contribution in [3.8, 4) is 11.5 Å². The zero-order valence-corrected chi connectivity index (χ0v) is 16.4. The fourth-order valence-electron chi connectivity index (χ4n) is 3.73. The fraction of sp³-hybridized carbons (Fsp3) is 0.364. The lowest BCUT2D eigenvalue weighted by Crippen LogP contribution is -2.57. The molecule has 154 valence electrons. The second-order valence-corrected chi connectivity index (χ2v) is 7.28. The average Bonchev–Trinajstić information content (AvgIpc) is 2.72. The Morgan fingerprint density at radius 2 is 1.86 bits per heavy atom. The van der Waals surface area contributed by atoms with Crippen LogP contribution in [-0.4, -0.2) is 46.3 Å². The van der Waals surface area contributed by atoms with E-state index in [4.69, 9.17) is 4.74 Å². The van der Waals surface area contributed by atoms with Crippen molar-refractivity contribution in [2.45, 2.75) is 32.3 Å². The van der Waals surface area contributed by atoms with E-state index >= 15 is 0 Å². The lowest BCUT2D eigenvalue weighted by Gasteiger charge is -2.43. The minimum absolute atomic E-state index is 0.0368. The number of rotatable bonds is 6. The van der Waals surface area contributed by atoms with Gasteiger partial charge in [0, 0.05) is 13.1 Å². The summed E-state index contributed by atoms with van der Waals surface area (Å²) >= 11 is 0. The minimum Gasteiger partial charge on any atom is -0.481 e. The fourth-order valence-corrected chi connectivity index (χ4v) is 3.73. The van der Waals surface area contributed by atoms with E-state index in [2.05, 4.69) is 5.32 Å². The van der Waals surface area contributed by atoms with Crippen LogP contribution in [0.1, 0.15) is 26.2 Å². The number of piperidine rings is 1. The Kier molecular flexibility index (Phi) is 6.39. The van der Waals surface area contributed by atoms with Crippen LogP contribution in [0.3, 0.4) is 0 Å². The van der Waals surface area contributed by atoms with Crippen LogP contribution in [-0.2, 0) is 4.79 Å². The first kappa shape index (κ1) is 20.7. The Balaban J connectivity index is 1.76. The number of nitrogens with one attached hydrogen (secondary N) is 1. The van der Waals surface area contributed by atoms with E-state index in [-0.39, 0.29) is 19.5 Å². The number of urea groups is 1. The molecule has 2 atom stereocenters. The summed E-state index contributed by atoms with van der Waals surface area (Å²) in [4.78, 5) is 26.3. The number of likely N-dealkylation sites (tertiary alicyclic amines) is 1. The van der Waals surface area contributed by atoms with E-state index in [1.807, 2.05) is 43.3 Å². The lowest BCUT2D eigenvalue weighted by molar-refractivity contribution is -0.162. The number of aliphatic hydroxyl groups is 1. The van der Waals surface area contributed by atoms with E-state index in [1.165, 1.54) is 4.90 Å². The Morgan fingerprint density at radius 1 is 1.17 bits per heavy atom. The maximum Gasteiger partial charge on any atom is 0.321 e. The number of anilines is 1. The summed E-state index contributed by atoms with van der Waals surface area (Å²) in [6, 6.07) is 15.9. The van der Waals surface area contributed by atoms with Gasteiger partial charge >= 0.3 is 12.0 Å². The Hall–Kier alpha value is -3.06. The van der Waals surface area contributed by atoms with Gasteiger partial charge in [-0.25, -0.2) is 4.79 Å². The monoisotopic (exact) mass is 398 g/mol. The standard InChI is InChI=1S/C22H26N2O5/c1-2-13-22(20(26)27)15-24(14-12-19(22)25)21(28)23-17-10-6-7-11-18(17)29-16-8-4-3-5-9-16/h3-11,19,25H,2,12-15H2,1H3,(H,23,28)(H,26,27)/t19-,22+/m0/s1. The van der Waals surface area contributed by atoms with Gasteiger partial charge in [-0.05, 0) is 37.1 Å². The van der Waals surface area contributed by atoms with Gasteiger partial charge in [-0.2, -0.15) is 0 Å². The second kappa shape index (κ2) is 8.96. The van der Waals surface area contributed by atoms with E-state index in [0.29, 0.717) is 30.0 Å². The number of para-hydroxylation sites is 3. The third-order valence-electron chi connectivity index (χ3n) is 5.29. The molecule has 1 aliphatic heterocycles. The van der Waals surface area contributed by atoms with Gasteiger partial charge in [0.25, 0.3) is 0 Å². The third-order valence-corrected chi connectivity index (χ3v) is 5.29. The molecule has 0 aromatic heterocycles. The number of aliphatic carboxylic acids is 1. The number of carbonyl (C=O) groups excluding carboxylic acids is 1. The Labute approximate surface area is 169 Å². The van der Waals surface area contributed by atoms with Crippen LogP contribution in [0.4, 0.5) is 10.5 Å². The predicted molar refractivity (Wildman–Crippen MR) is 109 cm³/mol. The molecule has 3 rings (SSSR count). The molecule has 7 nitrogen and oxygen atoms in total. The van der Waals surface area contributed by atoms with Gasteiger partial charge in [0.15, 0.2) is 5.75 Å². The molecule has 0 radical (unpaired) electrons. The van der Waals surface area contributed by atoms with Crippen LogP contribution in [0.5, 0.6) is 11.5 Å². The number of aliphatic hydroxyl groups excluding tert-OH is 1. The summed E-state index contributed by atoms with van der Waals surface area (Å²) in [5.41, 5.74) is -0.853. The third kappa shape index (κ3) is 4.51. The highest BCUT2D eigenvalue weighted by Gasteiger charge is 2.49. The maximum absolute atomic E-state index is 12.9. The second-order valence-electron chi connectivity index (χ2n) is 7.28. The molecule has 1 aliphatic rings. The molecule has 1 fully saturated rings. The molecule has 1 saturated heterocycles. The number of ether oxygens (including phenoxy) is 1. The molecule has 0 spiro atoms. The molecule has 7 heteroatoms. The first-order valence-electron chi connectivity index (χ1n) is 9.75. The minimum atomic E-state index is -1.34. The van der Waals surface area contributed by atoms with Gasteiger partial charge in [0.05, 0.1) is 11.8 Å². The van der Waals surface area contributed by atoms with E-state index < -0.39 is 23.5 Å². The lowest BCUT2D eigenvalue weighted by atomic mass is 9.74. The van der Waals surface area contributed by atoms with Crippen molar-refractivity contribution in [2.24, 2.45) is 5.41 Å². The van der Waals surface area contributed by atoms with Crippen LogP contribution in [0.25, 0.3) is 0 Å². The van der Waals surface area contributed by atoms with Gasteiger partial charge in [0.2, 0.25) is 0 Å². The number of hydrogen-bond acceptors (Lipinski definition) is 4. The highest BCUT2D eigenvalue weighted by atomic mass is 16.5. The smallest absolute Gasteiger partial charge is 0.321 e. The van der Waals surface area contributed by atoms with E-state index in [1.54, 1.807) is 18.2 Å². The summed E-state index contributed by atoms with van der Waals surface area (Å²) in [5, 5.41) is 22.9. The Morgan fingerprint density at radius 3 is 2.55 bits per heavy atom. The summed E-state index contributed by atoms with van der Waals surface area (Å²) < 4.78 is 5.87. The normalized spacial score (nSPS) is 21.4. The van der Waals surface area contributed by atoms with Crippen LogP contribution in [0, 0.1) is 5.41 Å². The quantitative estimate of drug-likeness (QED) is 0.684. The molecule has 0 aliphatic carbocycles. The number of amides is 2. The maximum atomic E-state index is 12.9. The number of carboxylic acids is 1. The topological polar surface area (TPSA) is 99.1 Å². The van der Waals surface area contributed by atoms with Crippen molar-refractivity contribution in [3.05, 3.63) is 54.6 Å². The zero-order valence-electron chi connectivity index (χ0n) is 16.4. The van der Waals surface area contributed by atoms with Crippen molar-refractivity contribution in [1.82, 2.24) is 4.90 Å². The molecule has 3 N–H and O–H groups in total. The molecule has 0 bridgehead atoms. The van der Waals surface area contributed by atoms with Gasteiger partial charge < -0.3 is 25.2 Å². The molecule has 29 heavy (non-hydrogen) atoms. The molecule has 0 saturated carbocycles. The summed E-state index contributed by atoms with van der Waals surface area (Å²) in [6.45, 7) is 2.12. The van der Waals surface area contributed by atoms with Gasteiger partial charge in [-0.15, -0.1) is 0 Å². The molecular weight excluding hydrogens is 372 g/mol. The predicted octanol–water partition coefficient (Wildman–Crippen LogP) is 3.95. The van der Waals surface area contributed by atoms with Crippen LogP contribution < -0.4 is 10.1 Å². The highest BCUT2D eigenvalue weighted by Crippen LogP contribution is 2.36. The number of carbonyl (C=O) groups is 2. The van der Waals surface area contributed by atoms with Gasteiger partial charge in [-0.1, -0.05) is 43.7 Å². The van der Waals surface area contributed by atoms with Crippen molar-refractivity contribution >= 4 is 17.7 Å². The zero-order chi connectivity index (χ0) is 20.9. The molecule has 2 aromatic carbocycles. The van der Waals surface area contributed by atoms with Crippen molar-refractivity contribution in [2.75, 3.05) is 18.4 Å². The number of hydrogen-bond donors (Lipinski definition) is 3. The Bertz CT molecular complexity index is 857. The molecule has 0 unspecified atom stereocenters. The average molecular weight is 398 g/mol. The molecule has 1 heterocycles. The van der Waals surface area contributed by atoms with E-state index in [9.17, 15) is 19.8 Å². The largest absolute Gasteiger partial charge is 0.481 e. The number of carboxylic acid groups (broad SMARTS) is 1. The highest BCUT2D eigenvalue weighted by molar-refractivity contribution is 5.91. The van der Waals surface area contributed by atoms with Crippen molar-refractivity contribution in [1.29, 1.82) is 0 Å². The van der Waals surface area contributed by atoms with Crippen LogP contribution in [0.15, 0.2) is 54.6 Å². The SMILES string of the molecule is CCC[C@@]1(C(=O)O)CN(C(=O)Nc2ccccc2Oc2ccccc2)CC[C@@H]1O. The molecular formula is C22H26N2O5.